The minimum atomic E-state index is -0.744. The number of ether oxygens (including phenoxy) is 1. The lowest BCUT2D eigenvalue weighted by Crippen LogP contribution is -2.37. The number of aliphatic hydroxyl groups is 1. The Kier molecular flexibility index (Phi) is 3.18. The Hall–Kier alpha value is -1.20. The number of rotatable bonds is 3. The Balaban J connectivity index is 1.72. The third-order valence-corrected chi connectivity index (χ3v) is 3.79. The van der Waals surface area contributed by atoms with Crippen LogP contribution in [0.3, 0.4) is 0 Å². The average Bonchev–Trinajstić information content (AvgIpc) is 2.84. The average molecular weight is 249 g/mol. The summed E-state index contributed by atoms with van der Waals surface area (Å²) in [6.07, 6.45) is 6.78. The number of anilines is 1. The van der Waals surface area contributed by atoms with E-state index in [0.717, 1.165) is 24.4 Å². The Morgan fingerprint density at radius 1 is 1.33 bits per heavy atom. The fraction of sp³-hybridized carbons (Fsp3) is 0.692. The fourth-order valence-electron chi connectivity index (χ4n) is 2.66. The molecule has 0 amide bonds. The van der Waals surface area contributed by atoms with E-state index in [9.17, 15) is 5.11 Å². The summed E-state index contributed by atoms with van der Waals surface area (Å²) >= 11 is 0. The zero-order valence-corrected chi connectivity index (χ0v) is 10.5. The summed E-state index contributed by atoms with van der Waals surface area (Å²) < 4.78 is 5.24. The molecule has 1 aromatic heterocycles. The van der Waals surface area contributed by atoms with Gasteiger partial charge in [0.25, 0.3) is 0 Å². The SMILES string of the molecule is OC1(CNc2ncnc3c2CCCC3)CCOC1. The van der Waals surface area contributed by atoms with Crippen molar-refractivity contribution in [2.45, 2.75) is 37.7 Å². The monoisotopic (exact) mass is 249 g/mol. The molecular formula is C13H19N3O2. The van der Waals surface area contributed by atoms with E-state index in [2.05, 4.69) is 15.3 Å². The Bertz CT molecular complexity index is 430. The van der Waals surface area contributed by atoms with Crippen LogP contribution in [-0.4, -0.2) is 40.4 Å². The van der Waals surface area contributed by atoms with Crippen molar-refractivity contribution in [3.63, 3.8) is 0 Å². The molecule has 18 heavy (non-hydrogen) atoms. The molecule has 0 saturated carbocycles. The van der Waals surface area contributed by atoms with Gasteiger partial charge in [-0.25, -0.2) is 9.97 Å². The van der Waals surface area contributed by atoms with Crippen molar-refractivity contribution in [3.05, 3.63) is 17.6 Å². The zero-order valence-electron chi connectivity index (χ0n) is 10.5. The van der Waals surface area contributed by atoms with Crippen molar-refractivity contribution in [1.29, 1.82) is 0 Å². The van der Waals surface area contributed by atoms with E-state index in [4.69, 9.17) is 4.74 Å². The summed E-state index contributed by atoms with van der Waals surface area (Å²) in [5.74, 6) is 0.889. The number of hydrogen-bond acceptors (Lipinski definition) is 5. The first-order valence-corrected chi connectivity index (χ1v) is 6.64. The number of fused-ring (bicyclic) bond motifs is 1. The standard InChI is InChI=1S/C13H19N3O2/c17-13(5-6-18-8-13)7-14-12-10-3-1-2-4-11(10)15-9-16-12/h9,17H,1-8H2,(H,14,15,16). The first-order chi connectivity index (χ1) is 8.77. The van der Waals surface area contributed by atoms with Crippen LogP contribution in [0, 0.1) is 0 Å². The third-order valence-electron chi connectivity index (χ3n) is 3.79. The molecule has 2 aliphatic rings. The van der Waals surface area contributed by atoms with Gasteiger partial charge in [-0.15, -0.1) is 0 Å². The van der Waals surface area contributed by atoms with Crippen LogP contribution < -0.4 is 5.32 Å². The topological polar surface area (TPSA) is 67.3 Å². The van der Waals surface area contributed by atoms with Crippen LogP contribution in [0.1, 0.15) is 30.5 Å². The lowest BCUT2D eigenvalue weighted by atomic mass is 9.96. The first kappa shape index (κ1) is 11.9. The van der Waals surface area contributed by atoms with Crippen LogP contribution in [0.25, 0.3) is 0 Å². The molecule has 1 aliphatic heterocycles. The van der Waals surface area contributed by atoms with Crippen molar-refractivity contribution >= 4 is 5.82 Å². The van der Waals surface area contributed by atoms with E-state index in [1.807, 2.05) is 0 Å². The number of aromatic nitrogens is 2. The molecular weight excluding hydrogens is 230 g/mol. The summed E-state index contributed by atoms with van der Waals surface area (Å²) in [4.78, 5) is 8.65. The van der Waals surface area contributed by atoms with Crippen LogP contribution in [0.5, 0.6) is 0 Å². The molecule has 1 saturated heterocycles. The molecule has 0 aromatic carbocycles. The number of aryl methyl sites for hydroxylation is 1. The Morgan fingerprint density at radius 2 is 2.22 bits per heavy atom. The van der Waals surface area contributed by atoms with E-state index < -0.39 is 5.60 Å². The molecule has 1 aromatic rings. The molecule has 2 N–H and O–H groups in total. The van der Waals surface area contributed by atoms with Gasteiger partial charge in [0.05, 0.1) is 6.61 Å². The van der Waals surface area contributed by atoms with Gasteiger partial charge >= 0.3 is 0 Å². The number of nitrogens with zero attached hydrogens (tertiary/aromatic N) is 2. The Labute approximate surface area is 107 Å². The lowest BCUT2D eigenvalue weighted by molar-refractivity contribution is 0.0381. The van der Waals surface area contributed by atoms with Crippen molar-refractivity contribution in [3.8, 4) is 0 Å². The number of hydrogen-bond donors (Lipinski definition) is 2. The van der Waals surface area contributed by atoms with Gasteiger partial charge in [-0.05, 0) is 25.7 Å². The summed E-state index contributed by atoms with van der Waals surface area (Å²) in [6.45, 7) is 1.55. The molecule has 1 atom stereocenters. The van der Waals surface area contributed by atoms with Crippen LogP contribution in [0.15, 0.2) is 6.33 Å². The normalized spacial score (nSPS) is 26.9. The maximum Gasteiger partial charge on any atom is 0.132 e. The highest BCUT2D eigenvalue weighted by atomic mass is 16.5. The van der Waals surface area contributed by atoms with Gasteiger partial charge < -0.3 is 15.2 Å². The maximum absolute atomic E-state index is 10.2. The lowest BCUT2D eigenvalue weighted by Gasteiger charge is -2.23. The molecule has 0 radical (unpaired) electrons. The van der Waals surface area contributed by atoms with Crippen molar-refractivity contribution in [1.82, 2.24) is 9.97 Å². The predicted molar refractivity (Wildman–Crippen MR) is 67.5 cm³/mol. The highest BCUT2D eigenvalue weighted by molar-refractivity contribution is 5.47. The van der Waals surface area contributed by atoms with Gasteiger partial charge in [-0.2, -0.15) is 0 Å². The zero-order chi connectivity index (χ0) is 12.4. The molecule has 0 spiro atoms. The van der Waals surface area contributed by atoms with E-state index in [1.54, 1.807) is 6.33 Å². The van der Waals surface area contributed by atoms with E-state index >= 15 is 0 Å². The van der Waals surface area contributed by atoms with Crippen molar-refractivity contribution in [2.24, 2.45) is 0 Å². The summed E-state index contributed by atoms with van der Waals surface area (Å²) in [5, 5.41) is 13.5. The quantitative estimate of drug-likeness (QED) is 0.833. The predicted octanol–water partition coefficient (Wildman–Crippen LogP) is 0.919. The molecule has 3 rings (SSSR count). The third kappa shape index (κ3) is 2.33. The van der Waals surface area contributed by atoms with Gasteiger partial charge in [-0.1, -0.05) is 0 Å². The minimum absolute atomic E-state index is 0.410. The molecule has 1 fully saturated rings. The van der Waals surface area contributed by atoms with Crippen LogP contribution in [-0.2, 0) is 17.6 Å². The minimum Gasteiger partial charge on any atom is -0.386 e. The molecule has 2 heterocycles. The van der Waals surface area contributed by atoms with E-state index in [1.165, 1.54) is 18.4 Å². The van der Waals surface area contributed by atoms with Gasteiger partial charge in [0.15, 0.2) is 0 Å². The largest absolute Gasteiger partial charge is 0.386 e. The first-order valence-electron chi connectivity index (χ1n) is 6.64. The summed E-state index contributed by atoms with van der Waals surface area (Å²) in [6, 6.07) is 0. The van der Waals surface area contributed by atoms with Gasteiger partial charge in [0.1, 0.15) is 17.7 Å². The molecule has 1 aliphatic carbocycles. The second kappa shape index (κ2) is 4.82. The van der Waals surface area contributed by atoms with Crippen LogP contribution in [0.4, 0.5) is 5.82 Å². The van der Waals surface area contributed by atoms with Gasteiger partial charge in [0.2, 0.25) is 0 Å². The van der Waals surface area contributed by atoms with Crippen LogP contribution in [0.2, 0.25) is 0 Å². The summed E-state index contributed by atoms with van der Waals surface area (Å²) in [7, 11) is 0. The second-order valence-electron chi connectivity index (χ2n) is 5.24. The van der Waals surface area contributed by atoms with Crippen LogP contribution >= 0.6 is 0 Å². The van der Waals surface area contributed by atoms with Crippen molar-refractivity contribution in [2.75, 3.05) is 25.1 Å². The van der Waals surface area contributed by atoms with Gasteiger partial charge in [-0.3, -0.25) is 0 Å². The molecule has 5 nitrogen and oxygen atoms in total. The van der Waals surface area contributed by atoms with E-state index in [0.29, 0.717) is 26.2 Å². The number of nitrogens with one attached hydrogen (secondary N) is 1. The van der Waals surface area contributed by atoms with Gasteiger partial charge in [0, 0.05) is 30.8 Å². The molecule has 5 heteroatoms. The highest BCUT2D eigenvalue weighted by Gasteiger charge is 2.32. The molecule has 1 unspecified atom stereocenters. The highest BCUT2D eigenvalue weighted by Crippen LogP contribution is 2.25. The molecule has 0 bridgehead atoms. The smallest absolute Gasteiger partial charge is 0.132 e. The Morgan fingerprint density at radius 3 is 3.06 bits per heavy atom. The van der Waals surface area contributed by atoms with E-state index in [-0.39, 0.29) is 0 Å². The second-order valence-corrected chi connectivity index (χ2v) is 5.24. The molecule has 98 valence electrons. The summed E-state index contributed by atoms with van der Waals surface area (Å²) in [5.41, 5.74) is 1.65. The fourth-order valence-corrected chi connectivity index (χ4v) is 2.66. The maximum atomic E-state index is 10.2. The van der Waals surface area contributed by atoms with Crippen molar-refractivity contribution < 1.29 is 9.84 Å².